The molecule has 0 aliphatic heterocycles. The van der Waals surface area contributed by atoms with Crippen LogP contribution in [0.5, 0.6) is 5.75 Å². The normalized spacial score (nSPS) is 12.7. The summed E-state index contributed by atoms with van der Waals surface area (Å²) in [5.41, 5.74) is 4.39. The van der Waals surface area contributed by atoms with E-state index in [4.69, 9.17) is 4.74 Å². The molecule has 0 saturated heterocycles. The molecular weight excluding hydrogens is 400 g/mol. The molecule has 0 saturated carbocycles. The molecule has 2 rings (SSSR count). The third-order valence-electron chi connectivity index (χ3n) is 5.99. The molecule has 0 bridgehead atoms. The van der Waals surface area contributed by atoms with Crippen LogP contribution >= 0.6 is 0 Å². The van der Waals surface area contributed by atoms with Crippen LogP contribution in [-0.2, 0) is 16.0 Å². The Morgan fingerprint density at radius 3 is 2.34 bits per heavy atom. The maximum atomic E-state index is 13.3. The molecule has 2 amide bonds. The van der Waals surface area contributed by atoms with Gasteiger partial charge in [0.15, 0.2) is 6.61 Å². The highest BCUT2D eigenvalue weighted by molar-refractivity contribution is 5.88. The molecule has 5 heteroatoms. The lowest BCUT2D eigenvalue weighted by molar-refractivity contribution is -0.142. The average Bonchev–Trinajstić information content (AvgIpc) is 2.78. The summed E-state index contributed by atoms with van der Waals surface area (Å²) in [5.74, 6) is 0.437. The number of nitrogens with one attached hydrogen (secondary N) is 1. The van der Waals surface area contributed by atoms with Gasteiger partial charge in [-0.05, 0) is 75.3 Å². The fourth-order valence-corrected chi connectivity index (χ4v) is 3.71. The highest BCUT2D eigenvalue weighted by Crippen LogP contribution is 2.23. The van der Waals surface area contributed by atoms with Gasteiger partial charge in [-0.2, -0.15) is 0 Å². The zero-order valence-corrected chi connectivity index (χ0v) is 20.4. The first-order valence-corrected chi connectivity index (χ1v) is 11.6. The largest absolute Gasteiger partial charge is 0.483 e. The van der Waals surface area contributed by atoms with Crippen LogP contribution in [0.25, 0.3) is 0 Å². The van der Waals surface area contributed by atoms with Crippen LogP contribution in [-0.4, -0.2) is 41.9 Å². The number of hydrogen-bond donors (Lipinski definition) is 1. The molecule has 32 heavy (non-hydrogen) atoms. The van der Waals surface area contributed by atoms with Crippen LogP contribution in [0.3, 0.4) is 0 Å². The summed E-state index contributed by atoms with van der Waals surface area (Å²) in [4.78, 5) is 28.0. The molecule has 1 N–H and O–H groups in total. The standard InChI is InChI=1S/C27H38N2O3/c1-7-21(5)28-27(31)24(8-2)29(15-14-23-12-10-9-11-13-23)26(30)18-32-25-17-19(3)16-20(4)22(25)6/h9-13,16-17,21,24H,7-8,14-15,18H2,1-6H3,(H,28,31)/t21-,24+/m0/s1. The summed E-state index contributed by atoms with van der Waals surface area (Å²) >= 11 is 0. The molecule has 0 aromatic heterocycles. The smallest absolute Gasteiger partial charge is 0.261 e. The number of hydrogen-bond acceptors (Lipinski definition) is 3. The zero-order valence-electron chi connectivity index (χ0n) is 20.4. The first-order chi connectivity index (χ1) is 15.3. The van der Waals surface area contributed by atoms with Crippen LogP contribution in [0.2, 0.25) is 0 Å². The summed E-state index contributed by atoms with van der Waals surface area (Å²) in [5, 5.41) is 3.04. The highest BCUT2D eigenvalue weighted by Gasteiger charge is 2.29. The van der Waals surface area contributed by atoms with E-state index >= 15 is 0 Å². The third kappa shape index (κ3) is 7.11. The van der Waals surface area contributed by atoms with Gasteiger partial charge in [-0.3, -0.25) is 9.59 Å². The Bertz CT molecular complexity index is 895. The van der Waals surface area contributed by atoms with E-state index < -0.39 is 6.04 Å². The molecule has 0 radical (unpaired) electrons. The highest BCUT2D eigenvalue weighted by atomic mass is 16.5. The summed E-state index contributed by atoms with van der Waals surface area (Å²) < 4.78 is 5.95. The lowest BCUT2D eigenvalue weighted by atomic mass is 10.1. The topological polar surface area (TPSA) is 58.6 Å². The van der Waals surface area contributed by atoms with Crippen molar-refractivity contribution in [2.45, 2.75) is 72.9 Å². The predicted molar refractivity (Wildman–Crippen MR) is 130 cm³/mol. The van der Waals surface area contributed by atoms with Crippen LogP contribution in [0.15, 0.2) is 42.5 Å². The third-order valence-corrected chi connectivity index (χ3v) is 5.99. The Morgan fingerprint density at radius 1 is 1.03 bits per heavy atom. The fraction of sp³-hybridized carbons (Fsp3) is 0.481. The molecule has 0 heterocycles. The number of benzene rings is 2. The summed E-state index contributed by atoms with van der Waals surface area (Å²) in [6, 6.07) is 13.6. The van der Waals surface area contributed by atoms with E-state index in [1.165, 1.54) is 0 Å². The monoisotopic (exact) mass is 438 g/mol. The van der Waals surface area contributed by atoms with Gasteiger partial charge in [0.1, 0.15) is 11.8 Å². The molecule has 0 spiro atoms. The van der Waals surface area contributed by atoms with Crippen molar-refractivity contribution in [3.63, 3.8) is 0 Å². The molecule has 0 aliphatic rings. The first kappa shape index (κ1) is 25.4. The van der Waals surface area contributed by atoms with Crippen LogP contribution in [0, 0.1) is 20.8 Å². The lowest BCUT2D eigenvalue weighted by Gasteiger charge is -2.31. The fourth-order valence-electron chi connectivity index (χ4n) is 3.71. The second-order valence-corrected chi connectivity index (χ2v) is 8.56. The van der Waals surface area contributed by atoms with E-state index in [2.05, 4.69) is 11.4 Å². The lowest BCUT2D eigenvalue weighted by Crippen LogP contribution is -2.52. The minimum Gasteiger partial charge on any atom is -0.483 e. The number of carbonyl (C=O) groups excluding carboxylic acids is 2. The van der Waals surface area contributed by atoms with Gasteiger partial charge in [-0.1, -0.05) is 50.2 Å². The Labute approximate surface area is 193 Å². The second kappa shape index (κ2) is 12.3. The number of rotatable bonds is 11. The van der Waals surface area contributed by atoms with Crippen molar-refractivity contribution in [3.8, 4) is 5.75 Å². The molecule has 2 atom stereocenters. The van der Waals surface area contributed by atoms with Crippen molar-refractivity contribution in [1.29, 1.82) is 0 Å². The van der Waals surface area contributed by atoms with Crippen LogP contribution < -0.4 is 10.1 Å². The Balaban J connectivity index is 2.19. The Hall–Kier alpha value is -2.82. The van der Waals surface area contributed by atoms with Crippen molar-refractivity contribution in [2.75, 3.05) is 13.2 Å². The van der Waals surface area contributed by atoms with Crippen molar-refractivity contribution in [3.05, 3.63) is 64.7 Å². The molecule has 174 valence electrons. The maximum absolute atomic E-state index is 13.3. The van der Waals surface area contributed by atoms with E-state index in [9.17, 15) is 9.59 Å². The van der Waals surface area contributed by atoms with E-state index in [0.29, 0.717) is 19.4 Å². The predicted octanol–water partition coefficient (Wildman–Crippen LogP) is 4.76. The van der Waals surface area contributed by atoms with Crippen molar-refractivity contribution in [2.24, 2.45) is 0 Å². The SMILES string of the molecule is CC[C@H](C(=O)N[C@@H](C)CC)N(CCc1ccccc1)C(=O)COc1cc(C)cc(C)c1C. The van der Waals surface area contributed by atoms with Crippen LogP contribution in [0.4, 0.5) is 0 Å². The summed E-state index contributed by atoms with van der Waals surface area (Å²) in [7, 11) is 0. The minimum atomic E-state index is -0.524. The molecule has 2 aromatic carbocycles. The molecular formula is C27H38N2O3. The van der Waals surface area contributed by atoms with Gasteiger partial charge in [0.2, 0.25) is 5.91 Å². The molecule has 2 aromatic rings. The van der Waals surface area contributed by atoms with Gasteiger partial charge >= 0.3 is 0 Å². The number of ether oxygens (including phenoxy) is 1. The van der Waals surface area contributed by atoms with Crippen molar-refractivity contribution < 1.29 is 14.3 Å². The number of nitrogens with zero attached hydrogens (tertiary/aromatic N) is 1. The van der Waals surface area contributed by atoms with Gasteiger partial charge in [0, 0.05) is 12.6 Å². The zero-order chi connectivity index (χ0) is 23.7. The van der Waals surface area contributed by atoms with Gasteiger partial charge in [-0.25, -0.2) is 0 Å². The Morgan fingerprint density at radius 2 is 1.72 bits per heavy atom. The van der Waals surface area contributed by atoms with E-state index in [0.717, 1.165) is 34.4 Å². The van der Waals surface area contributed by atoms with Gasteiger partial charge in [0.25, 0.3) is 5.91 Å². The van der Waals surface area contributed by atoms with Crippen molar-refractivity contribution >= 4 is 11.8 Å². The quantitative estimate of drug-likeness (QED) is 0.550. The molecule has 0 fully saturated rings. The summed E-state index contributed by atoms with van der Waals surface area (Å²) in [6.07, 6.45) is 2.07. The number of aryl methyl sites for hydroxylation is 2. The van der Waals surface area contributed by atoms with E-state index in [1.54, 1.807) is 4.90 Å². The minimum absolute atomic E-state index is 0.0665. The molecule has 0 aliphatic carbocycles. The van der Waals surface area contributed by atoms with Crippen molar-refractivity contribution in [1.82, 2.24) is 10.2 Å². The number of amides is 2. The van der Waals surface area contributed by atoms with E-state index in [1.807, 2.05) is 77.9 Å². The van der Waals surface area contributed by atoms with E-state index in [-0.39, 0.29) is 24.5 Å². The number of carbonyl (C=O) groups is 2. The average molecular weight is 439 g/mol. The Kier molecular flexibility index (Phi) is 9.76. The van der Waals surface area contributed by atoms with Crippen LogP contribution in [0.1, 0.15) is 55.9 Å². The molecule has 5 nitrogen and oxygen atoms in total. The summed E-state index contributed by atoms with van der Waals surface area (Å²) in [6.45, 7) is 12.4. The maximum Gasteiger partial charge on any atom is 0.261 e. The van der Waals surface area contributed by atoms with Gasteiger partial charge in [0.05, 0.1) is 0 Å². The molecule has 0 unspecified atom stereocenters. The second-order valence-electron chi connectivity index (χ2n) is 8.56. The van der Waals surface area contributed by atoms with Gasteiger partial charge < -0.3 is 15.0 Å². The van der Waals surface area contributed by atoms with Gasteiger partial charge in [-0.15, -0.1) is 0 Å². The first-order valence-electron chi connectivity index (χ1n) is 11.6.